The van der Waals surface area contributed by atoms with Crippen LogP contribution in [0.15, 0.2) is 36.5 Å². The molecular formula is C16H13ClFNO. The van der Waals surface area contributed by atoms with Crippen molar-refractivity contribution in [1.29, 1.82) is 0 Å². The zero-order valence-electron chi connectivity index (χ0n) is 10.8. The molecule has 1 unspecified atom stereocenters. The van der Waals surface area contributed by atoms with E-state index in [1.54, 1.807) is 18.3 Å². The van der Waals surface area contributed by atoms with Gasteiger partial charge in [-0.05, 0) is 36.1 Å². The standard InChI is InChI=1S/C16H13ClFNO/c17-13-5-1-3-11(15(13)18)9-14(20)12-7-6-10-4-2-8-19-16(10)12/h1-5,8,12H,6-7,9H2. The smallest absolute Gasteiger partial charge is 0.146 e. The van der Waals surface area contributed by atoms with Gasteiger partial charge in [-0.1, -0.05) is 29.8 Å². The monoisotopic (exact) mass is 289 g/mol. The van der Waals surface area contributed by atoms with E-state index in [2.05, 4.69) is 4.98 Å². The van der Waals surface area contributed by atoms with Crippen LogP contribution in [-0.4, -0.2) is 10.8 Å². The Kier molecular flexibility index (Phi) is 3.53. The number of aromatic nitrogens is 1. The second-order valence-electron chi connectivity index (χ2n) is 5.00. The van der Waals surface area contributed by atoms with Crippen molar-refractivity contribution in [2.75, 3.05) is 0 Å². The van der Waals surface area contributed by atoms with Crippen LogP contribution in [-0.2, 0) is 17.6 Å². The molecule has 1 heterocycles. The molecule has 1 aromatic carbocycles. The molecule has 1 aromatic heterocycles. The molecule has 0 saturated carbocycles. The normalized spacial score (nSPS) is 17.0. The van der Waals surface area contributed by atoms with E-state index < -0.39 is 5.82 Å². The van der Waals surface area contributed by atoms with Gasteiger partial charge in [0.15, 0.2) is 0 Å². The molecule has 1 aliphatic carbocycles. The minimum atomic E-state index is -0.498. The van der Waals surface area contributed by atoms with Crippen LogP contribution < -0.4 is 0 Å². The van der Waals surface area contributed by atoms with Crippen LogP contribution in [0, 0.1) is 5.82 Å². The molecule has 0 saturated heterocycles. The minimum Gasteiger partial charge on any atom is -0.299 e. The van der Waals surface area contributed by atoms with E-state index in [0.29, 0.717) is 5.56 Å². The number of nitrogens with zero attached hydrogens (tertiary/aromatic N) is 1. The molecule has 0 N–H and O–H groups in total. The highest BCUT2D eigenvalue weighted by atomic mass is 35.5. The molecule has 2 nitrogen and oxygen atoms in total. The predicted molar refractivity (Wildman–Crippen MR) is 75.4 cm³/mol. The number of carbonyl (C=O) groups is 1. The summed E-state index contributed by atoms with van der Waals surface area (Å²) >= 11 is 5.74. The fourth-order valence-corrected chi connectivity index (χ4v) is 2.92. The average molecular weight is 290 g/mol. The Balaban J connectivity index is 1.83. The lowest BCUT2D eigenvalue weighted by Crippen LogP contribution is -2.14. The van der Waals surface area contributed by atoms with Gasteiger partial charge in [0.2, 0.25) is 0 Å². The van der Waals surface area contributed by atoms with E-state index in [1.807, 2.05) is 12.1 Å². The average Bonchev–Trinajstić information content (AvgIpc) is 2.88. The van der Waals surface area contributed by atoms with E-state index in [1.165, 1.54) is 6.07 Å². The second kappa shape index (κ2) is 5.33. The molecule has 0 aliphatic heterocycles. The van der Waals surface area contributed by atoms with Gasteiger partial charge < -0.3 is 0 Å². The molecule has 1 aliphatic rings. The highest BCUT2D eigenvalue weighted by Gasteiger charge is 2.29. The second-order valence-corrected chi connectivity index (χ2v) is 5.40. The maximum atomic E-state index is 13.8. The van der Waals surface area contributed by atoms with E-state index in [-0.39, 0.29) is 23.1 Å². The van der Waals surface area contributed by atoms with Gasteiger partial charge >= 0.3 is 0 Å². The summed E-state index contributed by atoms with van der Waals surface area (Å²) in [5, 5.41) is 0.0558. The summed E-state index contributed by atoms with van der Waals surface area (Å²) in [5.41, 5.74) is 2.32. The summed E-state index contributed by atoms with van der Waals surface area (Å²) in [6.45, 7) is 0. The first-order chi connectivity index (χ1) is 9.66. The van der Waals surface area contributed by atoms with Gasteiger partial charge in [-0.25, -0.2) is 4.39 Å². The van der Waals surface area contributed by atoms with Crippen LogP contribution in [0.2, 0.25) is 5.02 Å². The van der Waals surface area contributed by atoms with Gasteiger partial charge in [-0.3, -0.25) is 9.78 Å². The number of aryl methyl sites for hydroxylation is 1. The Bertz CT molecular complexity index is 671. The zero-order chi connectivity index (χ0) is 14.1. The van der Waals surface area contributed by atoms with Gasteiger partial charge in [0.05, 0.1) is 16.6 Å². The molecule has 1 atom stereocenters. The van der Waals surface area contributed by atoms with Crippen molar-refractivity contribution in [1.82, 2.24) is 4.98 Å². The van der Waals surface area contributed by atoms with Crippen molar-refractivity contribution in [2.45, 2.75) is 25.2 Å². The number of pyridine rings is 1. The number of halogens is 2. The summed E-state index contributed by atoms with van der Waals surface area (Å²) in [5.74, 6) is -0.713. The Labute approximate surface area is 121 Å². The highest BCUT2D eigenvalue weighted by molar-refractivity contribution is 6.30. The maximum absolute atomic E-state index is 13.8. The summed E-state index contributed by atoms with van der Waals surface area (Å²) in [7, 11) is 0. The van der Waals surface area contributed by atoms with Crippen LogP contribution in [0.4, 0.5) is 4.39 Å². The third-order valence-electron chi connectivity index (χ3n) is 3.74. The number of hydrogen-bond acceptors (Lipinski definition) is 2. The van der Waals surface area contributed by atoms with Crippen LogP contribution in [0.1, 0.15) is 29.2 Å². The molecule has 2 aromatic rings. The third kappa shape index (κ3) is 2.34. The minimum absolute atomic E-state index is 0.00335. The lowest BCUT2D eigenvalue weighted by Gasteiger charge is -2.10. The Hall–Kier alpha value is -1.74. The Morgan fingerprint density at radius 3 is 3.05 bits per heavy atom. The molecular weight excluding hydrogens is 277 g/mol. The molecule has 0 amide bonds. The molecule has 3 rings (SSSR count). The number of fused-ring (bicyclic) bond motifs is 1. The van der Waals surface area contributed by atoms with Gasteiger partial charge in [0.25, 0.3) is 0 Å². The highest BCUT2D eigenvalue weighted by Crippen LogP contribution is 2.33. The van der Waals surface area contributed by atoms with E-state index in [4.69, 9.17) is 11.6 Å². The summed E-state index contributed by atoms with van der Waals surface area (Å²) < 4.78 is 13.8. The van der Waals surface area contributed by atoms with Crippen molar-refractivity contribution in [3.63, 3.8) is 0 Å². The van der Waals surface area contributed by atoms with Crippen molar-refractivity contribution in [3.8, 4) is 0 Å². The Morgan fingerprint density at radius 2 is 2.20 bits per heavy atom. The van der Waals surface area contributed by atoms with Gasteiger partial charge in [0.1, 0.15) is 11.6 Å². The number of carbonyl (C=O) groups excluding carboxylic acids is 1. The van der Waals surface area contributed by atoms with Gasteiger partial charge in [0, 0.05) is 12.6 Å². The number of ketones is 1. The summed E-state index contributed by atoms with van der Waals surface area (Å²) in [6, 6.07) is 8.62. The molecule has 20 heavy (non-hydrogen) atoms. The fraction of sp³-hybridized carbons (Fsp3) is 0.250. The van der Waals surface area contributed by atoms with Crippen LogP contribution in [0.3, 0.4) is 0 Å². The first-order valence-electron chi connectivity index (χ1n) is 6.56. The number of Topliss-reactive ketones (excluding diaryl/α,β-unsaturated/α-hetero) is 1. The molecule has 0 fully saturated rings. The fourth-order valence-electron chi connectivity index (χ4n) is 2.72. The first kappa shape index (κ1) is 13.3. The van der Waals surface area contributed by atoms with Gasteiger partial charge in [-0.2, -0.15) is 0 Å². The van der Waals surface area contributed by atoms with E-state index >= 15 is 0 Å². The van der Waals surface area contributed by atoms with Crippen molar-refractivity contribution < 1.29 is 9.18 Å². The zero-order valence-corrected chi connectivity index (χ0v) is 11.5. The summed E-state index contributed by atoms with van der Waals surface area (Å²) in [4.78, 5) is 16.7. The molecule has 0 bridgehead atoms. The number of rotatable bonds is 3. The quantitative estimate of drug-likeness (QED) is 0.862. The van der Waals surface area contributed by atoms with Crippen molar-refractivity contribution in [2.24, 2.45) is 0 Å². The molecule has 0 spiro atoms. The SMILES string of the molecule is O=C(Cc1cccc(Cl)c1F)C1CCc2cccnc21. The van der Waals surface area contributed by atoms with Crippen LogP contribution in [0.5, 0.6) is 0 Å². The topological polar surface area (TPSA) is 30.0 Å². The maximum Gasteiger partial charge on any atom is 0.146 e. The molecule has 4 heteroatoms. The molecule has 0 radical (unpaired) electrons. The number of hydrogen-bond donors (Lipinski definition) is 0. The molecule has 102 valence electrons. The summed E-state index contributed by atoms with van der Waals surface area (Å²) in [6.07, 6.45) is 3.38. The van der Waals surface area contributed by atoms with Crippen LogP contribution >= 0.6 is 11.6 Å². The van der Waals surface area contributed by atoms with E-state index in [0.717, 1.165) is 24.1 Å². The largest absolute Gasteiger partial charge is 0.299 e. The van der Waals surface area contributed by atoms with Crippen molar-refractivity contribution >= 4 is 17.4 Å². The van der Waals surface area contributed by atoms with Gasteiger partial charge in [-0.15, -0.1) is 0 Å². The lowest BCUT2D eigenvalue weighted by molar-refractivity contribution is -0.119. The van der Waals surface area contributed by atoms with E-state index in [9.17, 15) is 9.18 Å². The predicted octanol–water partition coefficient (Wildman–Crippen LogP) is 3.72. The first-order valence-corrected chi connectivity index (χ1v) is 6.94. The van der Waals surface area contributed by atoms with Crippen LogP contribution in [0.25, 0.3) is 0 Å². The number of benzene rings is 1. The Morgan fingerprint density at radius 1 is 1.35 bits per heavy atom. The lowest BCUT2D eigenvalue weighted by atomic mass is 9.95. The third-order valence-corrected chi connectivity index (χ3v) is 4.04. The van der Waals surface area contributed by atoms with Crippen molar-refractivity contribution in [3.05, 3.63) is 64.2 Å².